The number of benzene rings is 1. The van der Waals surface area contributed by atoms with Gasteiger partial charge in [0.05, 0.1) is 17.1 Å². The molecule has 0 bridgehead atoms. The summed E-state index contributed by atoms with van der Waals surface area (Å²) in [6, 6.07) is 5.70. The molecule has 4 heteroatoms. The Morgan fingerprint density at radius 2 is 2.18 bits per heavy atom. The molecule has 0 spiro atoms. The van der Waals surface area contributed by atoms with E-state index >= 15 is 0 Å². The van der Waals surface area contributed by atoms with E-state index in [-0.39, 0.29) is 0 Å². The molecule has 0 unspecified atom stereocenters. The first-order chi connectivity index (χ1) is 7.96. The zero-order valence-electron chi connectivity index (χ0n) is 10.3. The molecule has 2 aromatic rings. The maximum atomic E-state index is 11.2. The summed E-state index contributed by atoms with van der Waals surface area (Å²) in [6.45, 7) is 6.22. The van der Waals surface area contributed by atoms with Crippen LogP contribution in [0.1, 0.15) is 26.3 Å². The molecule has 0 saturated heterocycles. The molecule has 1 N–H and O–H groups in total. The van der Waals surface area contributed by atoms with Crippen molar-refractivity contribution in [2.24, 2.45) is 0 Å². The maximum absolute atomic E-state index is 11.2. The smallest absolute Gasteiger partial charge is 0.313 e. The van der Waals surface area contributed by atoms with Crippen LogP contribution in [0.3, 0.4) is 0 Å². The third kappa shape index (κ3) is 1.79. The van der Waals surface area contributed by atoms with Crippen molar-refractivity contribution < 1.29 is 9.90 Å². The lowest BCUT2D eigenvalue weighted by Gasteiger charge is -2.19. The summed E-state index contributed by atoms with van der Waals surface area (Å²) in [7, 11) is 0. The Balaban J connectivity index is 2.61. The molecular formula is C13H16N2O2. The van der Waals surface area contributed by atoms with E-state index in [1.165, 1.54) is 0 Å². The van der Waals surface area contributed by atoms with E-state index in [0.717, 1.165) is 23.0 Å². The SMILES string of the molecule is CCn1ncc2ccc(C(C)(C)C(=O)O)cc21. The third-order valence-corrected chi connectivity index (χ3v) is 3.20. The van der Waals surface area contributed by atoms with Gasteiger partial charge in [-0.25, -0.2) is 0 Å². The van der Waals surface area contributed by atoms with Gasteiger partial charge in [0.25, 0.3) is 0 Å². The lowest BCUT2D eigenvalue weighted by molar-refractivity contribution is -0.142. The quantitative estimate of drug-likeness (QED) is 0.884. The highest BCUT2D eigenvalue weighted by molar-refractivity contribution is 5.85. The Morgan fingerprint density at radius 1 is 1.47 bits per heavy atom. The summed E-state index contributed by atoms with van der Waals surface area (Å²) < 4.78 is 1.87. The van der Waals surface area contributed by atoms with Gasteiger partial charge in [0.2, 0.25) is 0 Å². The molecule has 0 radical (unpaired) electrons. The number of carboxylic acid groups (broad SMARTS) is 1. The number of carboxylic acids is 1. The highest BCUT2D eigenvalue weighted by Crippen LogP contribution is 2.26. The van der Waals surface area contributed by atoms with E-state index in [1.807, 2.05) is 29.8 Å². The largest absolute Gasteiger partial charge is 0.481 e. The number of nitrogens with zero attached hydrogens (tertiary/aromatic N) is 2. The number of fused-ring (bicyclic) bond motifs is 1. The summed E-state index contributed by atoms with van der Waals surface area (Å²) in [5.74, 6) is -0.820. The number of hydrogen-bond acceptors (Lipinski definition) is 2. The third-order valence-electron chi connectivity index (χ3n) is 3.20. The molecule has 0 aliphatic rings. The highest BCUT2D eigenvalue weighted by Gasteiger charge is 2.29. The van der Waals surface area contributed by atoms with Crippen LogP contribution in [-0.2, 0) is 16.8 Å². The van der Waals surface area contributed by atoms with Gasteiger partial charge in [0, 0.05) is 11.9 Å². The lowest BCUT2D eigenvalue weighted by Crippen LogP contribution is -2.28. The Hall–Kier alpha value is -1.84. The second-order valence-corrected chi connectivity index (χ2v) is 4.66. The minimum absolute atomic E-state index is 0.778. The van der Waals surface area contributed by atoms with Gasteiger partial charge in [0.15, 0.2) is 0 Å². The number of aliphatic carboxylic acids is 1. The summed E-state index contributed by atoms with van der Waals surface area (Å²) in [4.78, 5) is 11.2. The molecule has 2 rings (SSSR count). The molecule has 0 atom stereocenters. The van der Waals surface area contributed by atoms with Crippen molar-refractivity contribution in [3.05, 3.63) is 30.0 Å². The molecule has 0 fully saturated rings. The molecule has 17 heavy (non-hydrogen) atoms. The van der Waals surface area contributed by atoms with Crippen LogP contribution in [0.15, 0.2) is 24.4 Å². The van der Waals surface area contributed by atoms with Crippen molar-refractivity contribution in [1.29, 1.82) is 0 Å². The normalized spacial score (nSPS) is 11.9. The van der Waals surface area contributed by atoms with Gasteiger partial charge in [-0.2, -0.15) is 5.10 Å². The summed E-state index contributed by atoms with van der Waals surface area (Å²) in [5.41, 5.74) is 0.906. The number of aromatic nitrogens is 2. The standard InChI is InChI=1S/C13H16N2O2/c1-4-15-11-7-10(13(2,3)12(16)17)6-5-9(11)8-14-15/h5-8H,4H2,1-3H3,(H,16,17). The van der Waals surface area contributed by atoms with Crippen molar-refractivity contribution in [3.63, 3.8) is 0 Å². The van der Waals surface area contributed by atoms with Crippen LogP contribution in [0.4, 0.5) is 0 Å². The molecule has 4 nitrogen and oxygen atoms in total. The van der Waals surface area contributed by atoms with Gasteiger partial charge in [-0.1, -0.05) is 12.1 Å². The van der Waals surface area contributed by atoms with Crippen LogP contribution in [0.25, 0.3) is 10.9 Å². The van der Waals surface area contributed by atoms with Crippen LogP contribution in [0.2, 0.25) is 0 Å². The molecule has 90 valence electrons. The van der Waals surface area contributed by atoms with Gasteiger partial charge in [-0.05, 0) is 32.4 Å². The average Bonchev–Trinajstić information content (AvgIpc) is 2.70. The Labute approximate surface area is 99.9 Å². The topological polar surface area (TPSA) is 55.1 Å². The fourth-order valence-electron chi connectivity index (χ4n) is 1.83. The molecular weight excluding hydrogens is 216 g/mol. The number of rotatable bonds is 3. The van der Waals surface area contributed by atoms with Crippen molar-refractivity contribution in [2.75, 3.05) is 0 Å². The number of carbonyl (C=O) groups is 1. The van der Waals surface area contributed by atoms with E-state index in [0.29, 0.717) is 0 Å². The van der Waals surface area contributed by atoms with Crippen LogP contribution in [0, 0.1) is 0 Å². The fourth-order valence-corrected chi connectivity index (χ4v) is 1.83. The van der Waals surface area contributed by atoms with Crippen molar-refractivity contribution in [2.45, 2.75) is 32.7 Å². The minimum Gasteiger partial charge on any atom is -0.481 e. The maximum Gasteiger partial charge on any atom is 0.313 e. The zero-order chi connectivity index (χ0) is 12.6. The van der Waals surface area contributed by atoms with E-state index < -0.39 is 11.4 Å². The van der Waals surface area contributed by atoms with Crippen molar-refractivity contribution in [1.82, 2.24) is 9.78 Å². The van der Waals surface area contributed by atoms with Gasteiger partial charge < -0.3 is 5.11 Å². The van der Waals surface area contributed by atoms with Gasteiger partial charge in [-0.3, -0.25) is 9.48 Å². The average molecular weight is 232 g/mol. The van der Waals surface area contributed by atoms with E-state index in [2.05, 4.69) is 5.10 Å². The second kappa shape index (κ2) is 3.87. The van der Waals surface area contributed by atoms with Gasteiger partial charge in [-0.15, -0.1) is 0 Å². The van der Waals surface area contributed by atoms with Gasteiger partial charge in [0.1, 0.15) is 0 Å². The molecule has 1 aromatic carbocycles. The number of aryl methyl sites for hydroxylation is 1. The van der Waals surface area contributed by atoms with Crippen LogP contribution < -0.4 is 0 Å². The molecule has 0 amide bonds. The van der Waals surface area contributed by atoms with Crippen molar-refractivity contribution >= 4 is 16.9 Å². The van der Waals surface area contributed by atoms with Crippen LogP contribution >= 0.6 is 0 Å². The summed E-state index contributed by atoms with van der Waals surface area (Å²) in [6.07, 6.45) is 1.80. The first kappa shape index (κ1) is 11.6. The summed E-state index contributed by atoms with van der Waals surface area (Å²) in [5, 5.41) is 14.5. The molecule has 1 aromatic heterocycles. The van der Waals surface area contributed by atoms with Crippen LogP contribution in [-0.4, -0.2) is 20.9 Å². The minimum atomic E-state index is -0.878. The lowest BCUT2D eigenvalue weighted by atomic mass is 9.84. The first-order valence-electron chi connectivity index (χ1n) is 5.66. The second-order valence-electron chi connectivity index (χ2n) is 4.66. The fraction of sp³-hybridized carbons (Fsp3) is 0.385. The Bertz CT molecular complexity index is 570. The molecule has 0 aliphatic heterocycles. The predicted octanol–water partition coefficient (Wildman–Crippen LogP) is 2.42. The summed E-state index contributed by atoms with van der Waals surface area (Å²) >= 11 is 0. The Kier molecular flexibility index (Phi) is 2.65. The van der Waals surface area contributed by atoms with E-state index in [1.54, 1.807) is 20.0 Å². The first-order valence-corrected chi connectivity index (χ1v) is 5.66. The highest BCUT2D eigenvalue weighted by atomic mass is 16.4. The molecule has 0 saturated carbocycles. The van der Waals surface area contributed by atoms with Crippen molar-refractivity contribution in [3.8, 4) is 0 Å². The molecule has 0 aliphatic carbocycles. The van der Waals surface area contributed by atoms with E-state index in [9.17, 15) is 9.90 Å². The van der Waals surface area contributed by atoms with E-state index in [4.69, 9.17) is 0 Å². The van der Waals surface area contributed by atoms with Crippen LogP contribution in [0.5, 0.6) is 0 Å². The van der Waals surface area contributed by atoms with Gasteiger partial charge >= 0.3 is 5.97 Å². The molecule has 1 heterocycles. The Morgan fingerprint density at radius 3 is 2.76 bits per heavy atom. The monoisotopic (exact) mass is 232 g/mol. The number of hydrogen-bond donors (Lipinski definition) is 1. The zero-order valence-corrected chi connectivity index (χ0v) is 10.3. The predicted molar refractivity (Wildman–Crippen MR) is 66.1 cm³/mol.